The van der Waals surface area contributed by atoms with Gasteiger partial charge in [0.2, 0.25) is 0 Å². The summed E-state index contributed by atoms with van der Waals surface area (Å²) in [5.74, 6) is 0.120. The van der Waals surface area contributed by atoms with Crippen LogP contribution in [0.1, 0.15) is 34.6 Å². The van der Waals surface area contributed by atoms with Crippen molar-refractivity contribution in [3.05, 3.63) is 58.1 Å². The molecule has 0 spiro atoms. The maximum absolute atomic E-state index is 14.1. The van der Waals surface area contributed by atoms with E-state index in [1.165, 1.54) is 18.2 Å². The fourth-order valence-electron chi connectivity index (χ4n) is 4.48. The van der Waals surface area contributed by atoms with Crippen LogP contribution in [-0.4, -0.2) is 46.2 Å². The van der Waals surface area contributed by atoms with Crippen LogP contribution in [-0.2, 0) is 0 Å². The van der Waals surface area contributed by atoms with Crippen LogP contribution in [0.15, 0.2) is 30.3 Å². The average molecular weight is 419 g/mol. The van der Waals surface area contributed by atoms with Crippen LogP contribution in [0.4, 0.5) is 4.39 Å². The number of aromatic nitrogens is 1. The van der Waals surface area contributed by atoms with Crippen LogP contribution in [0, 0.1) is 31.5 Å². The number of carbonyl (C=O) groups is 1. The summed E-state index contributed by atoms with van der Waals surface area (Å²) < 4.78 is 20.2. The number of hydrogen-bond acceptors (Lipinski definition) is 4. The molecule has 1 aliphatic heterocycles. The van der Waals surface area contributed by atoms with E-state index in [0.29, 0.717) is 36.7 Å². The zero-order chi connectivity index (χ0) is 20.7. The molecule has 29 heavy (non-hydrogen) atoms. The fraction of sp³-hybridized carbons (Fsp3) is 0.455. The Labute approximate surface area is 174 Å². The topological polar surface area (TPSA) is 62.7 Å². The van der Waals surface area contributed by atoms with Gasteiger partial charge in [0.15, 0.2) is 0 Å². The molecule has 1 N–H and O–H groups in total. The number of carbonyl (C=O) groups excluding carboxylic acids is 1. The van der Waals surface area contributed by atoms with Crippen molar-refractivity contribution >= 4 is 17.5 Å². The van der Waals surface area contributed by atoms with Crippen molar-refractivity contribution in [3.63, 3.8) is 0 Å². The normalized spacial score (nSPS) is 26.3. The second kappa shape index (κ2) is 7.92. The number of pyridine rings is 1. The summed E-state index contributed by atoms with van der Waals surface area (Å²) in [5, 5.41) is 10.9. The largest absolute Gasteiger partial charge is 0.486 e. The molecule has 1 aromatic carbocycles. The lowest BCUT2D eigenvalue weighted by Crippen LogP contribution is -2.42. The molecule has 0 bridgehead atoms. The van der Waals surface area contributed by atoms with Gasteiger partial charge in [-0.15, -0.1) is 0 Å². The summed E-state index contributed by atoms with van der Waals surface area (Å²) in [7, 11) is 0. The molecular formula is C22H24ClFN2O3. The molecule has 2 fully saturated rings. The molecule has 0 radical (unpaired) electrons. The smallest absolute Gasteiger partial charge is 0.256 e. The molecule has 5 nitrogen and oxygen atoms in total. The van der Waals surface area contributed by atoms with Gasteiger partial charge in [0.25, 0.3) is 5.91 Å². The summed E-state index contributed by atoms with van der Waals surface area (Å²) in [6.07, 6.45) is 0.225. The SMILES string of the molecule is Cc1ccc(O[C@@H]2C[C@@H]3CN(C(=O)c4cc(Cl)ccc4F)C[C@@H]3C[C@H]2O)c(C)n1. The molecule has 0 unspecified atom stereocenters. The van der Waals surface area contributed by atoms with Gasteiger partial charge in [-0.25, -0.2) is 4.39 Å². The molecule has 2 aliphatic rings. The number of aliphatic hydroxyl groups is 1. The van der Waals surface area contributed by atoms with Crippen LogP contribution in [0.5, 0.6) is 5.75 Å². The Morgan fingerprint density at radius 3 is 2.66 bits per heavy atom. The Kier molecular flexibility index (Phi) is 5.49. The van der Waals surface area contributed by atoms with E-state index in [1.54, 1.807) is 4.90 Å². The summed E-state index contributed by atoms with van der Waals surface area (Å²) in [5.41, 5.74) is 1.70. The van der Waals surface area contributed by atoms with Crippen molar-refractivity contribution in [2.24, 2.45) is 11.8 Å². The highest BCUT2D eigenvalue weighted by Crippen LogP contribution is 2.39. The predicted molar refractivity (Wildman–Crippen MR) is 108 cm³/mol. The molecule has 2 aromatic rings. The van der Waals surface area contributed by atoms with Gasteiger partial charge in [-0.05, 0) is 68.9 Å². The van der Waals surface area contributed by atoms with Gasteiger partial charge in [0.05, 0.1) is 17.4 Å². The average Bonchev–Trinajstić information content (AvgIpc) is 3.08. The van der Waals surface area contributed by atoms with Crippen LogP contribution >= 0.6 is 11.6 Å². The van der Waals surface area contributed by atoms with Crippen molar-refractivity contribution in [2.45, 2.75) is 38.9 Å². The number of fused-ring (bicyclic) bond motifs is 1. The first-order valence-electron chi connectivity index (χ1n) is 9.85. The molecule has 4 atom stereocenters. The van der Waals surface area contributed by atoms with E-state index in [0.717, 1.165) is 11.4 Å². The maximum Gasteiger partial charge on any atom is 0.256 e. The standard InChI is InChI=1S/C22H24ClFN2O3/c1-12-3-6-20(13(2)25-12)29-21-8-15-11-26(10-14(15)7-19(21)27)22(28)17-9-16(23)4-5-18(17)24/h3-6,9,14-15,19,21,27H,7-8,10-11H2,1-2H3/t14-,15+,19+,21+/m0/s1. The Balaban J connectivity index is 1.46. The minimum atomic E-state index is -0.616. The number of hydrogen-bond donors (Lipinski definition) is 1. The number of aryl methyl sites for hydroxylation is 2. The van der Waals surface area contributed by atoms with Gasteiger partial charge < -0.3 is 14.7 Å². The zero-order valence-electron chi connectivity index (χ0n) is 16.4. The number of aliphatic hydroxyl groups excluding tert-OH is 1. The Morgan fingerprint density at radius 1 is 1.21 bits per heavy atom. The number of likely N-dealkylation sites (tertiary alicyclic amines) is 1. The van der Waals surface area contributed by atoms with E-state index in [1.807, 2.05) is 26.0 Å². The number of nitrogens with zero attached hydrogens (tertiary/aromatic N) is 2. The Bertz CT molecular complexity index is 938. The molecule has 1 saturated carbocycles. The van der Waals surface area contributed by atoms with E-state index < -0.39 is 11.9 Å². The molecule has 2 heterocycles. The second-order valence-corrected chi connectivity index (χ2v) is 8.52. The molecule has 1 aliphatic carbocycles. The molecule has 4 rings (SSSR count). The predicted octanol–water partition coefficient (Wildman–Crippen LogP) is 3.78. The molecule has 154 valence electrons. The van der Waals surface area contributed by atoms with Gasteiger partial charge >= 0.3 is 0 Å². The summed E-state index contributed by atoms with van der Waals surface area (Å²) in [6.45, 7) is 4.83. The van der Waals surface area contributed by atoms with Gasteiger partial charge in [0, 0.05) is 23.8 Å². The Morgan fingerprint density at radius 2 is 1.93 bits per heavy atom. The third-order valence-corrected chi connectivity index (χ3v) is 6.22. The molecular weight excluding hydrogens is 395 g/mol. The van der Waals surface area contributed by atoms with E-state index >= 15 is 0 Å². The lowest BCUT2D eigenvalue weighted by atomic mass is 9.78. The highest BCUT2D eigenvalue weighted by Gasteiger charge is 2.44. The minimum Gasteiger partial charge on any atom is -0.486 e. The molecule has 7 heteroatoms. The highest BCUT2D eigenvalue weighted by molar-refractivity contribution is 6.31. The molecule has 1 saturated heterocycles. The van der Waals surface area contributed by atoms with Crippen LogP contribution in [0.25, 0.3) is 0 Å². The minimum absolute atomic E-state index is 0.00847. The van der Waals surface area contributed by atoms with E-state index in [-0.39, 0.29) is 29.4 Å². The third kappa shape index (κ3) is 4.09. The van der Waals surface area contributed by atoms with Gasteiger partial charge in [-0.3, -0.25) is 9.78 Å². The van der Waals surface area contributed by atoms with Crippen LogP contribution in [0.2, 0.25) is 5.02 Å². The quantitative estimate of drug-likeness (QED) is 0.823. The number of benzene rings is 1. The van der Waals surface area contributed by atoms with Crippen LogP contribution in [0.3, 0.4) is 0 Å². The lowest BCUT2D eigenvalue weighted by molar-refractivity contribution is -0.0236. The first-order valence-corrected chi connectivity index (χ1v) is 10.2. The van der Waals surface area contributed by atoms with Crippen molar-refractivity contribution in [1.29, 1.82) is 0 Å². The van der Waals surface area contributed by atoms with Crippen molar-refractivity contribution < 1.29 is 19.0 Å². The third-order valence-electron chi connectivity index (χ3n) is 5.99. The van der Waals surface area contributed by atoms with Gasteiger partial charge in [-0.1, -0.05) is 11.6 Å². The molecule has 1 aromatic heterocycles. The Hall–Kier alpha value is -2.18. The first-order chi connectivity index (χ1) is 13.8. The maximum atomic E-state index is 14.1. The first kappa shape index (κ1) is 20.1. The molecule has 1 amide bonds. The van der Waals surface area contributed by atoms with Gasteiger partial charge in [-0.2, -0.15) is 0 Å². The van der Waals surface area contributed by atoms with E-state index in [2.05, 4.69) is 4.98 Å². The van der Waals surface area contributed by atoms with E-state index in [4.69, 9.17) is 16.3 Å². The van der Waals surface area contributed by atoms with E-state index in [9.17, 15) is 14.3 Å². The summed E-state index contributed by atoms with van der Waals surface area (Å²) >= 11 is 5.94. The fourth-order valence-corrected chi connectivity index (χ4v) is 4.65. The van der Waals surface area contributed by atoms with Crippen molar-refractivity contribution in [3.8, 4) is 5.75 Å². The second-order valence-electron chi connectivity index (χ2n) is 8.09. The van der Waals surface area contributed by atoms with Gasteiger partial charge in [0.1, 0.15) is 17.7 Å². The number of ether oxygens (including phenoxy) is 1. The van der Waals surface area contributed by atoms with Crippen LogP contribution < -0.4 is 4.74 Å². The van der Waals surface area contributed by atoms with Crippen molar-refractivity contribution in [1.82, 2.24) is 9.88 Å². The monoisotopic (exact) mass is 418 g/mol. The number of rotatable bonds is 3. The van der Waals surface area contributed by atoms with Crippen molar-refractivity contribution in [2.75, 3.05) is 13.1 Å². The number of halogens is 2. The summed E-state index contributed by atoms with van der Waals surface area (Å²) in [6, 6.07) is 7.77. The summed E-state index contributed by atoms with van der Waals surface area (Å²) in [4.78, 5) is 18.9. The highest BCUT2D eigenvalue weighted by atomic mass is 35.5. The zero-order valence-corrected chi connectivity index (χ0v) is 17.2. The lowest BCUT2D eigenvalue weighted by Gasteiger charge is -2.35. The number of amides is 1.